The number of fused-ring (bicyclic) bond motifs is 2. The molecule has 0 aliphatic carbocycles. The Morgan fingerprint density at radius 2 is 1.42 bits per heavy atom. The van der Waals surface area contributed by atoms with Crippen LogP contribution < -0.4 is 14.9 Å². The molecule has 1 saturated heterocycles. The molecule has 7 nitrogen and oxygen atoms in total. The summed E-state index contributed by atoms with van der Waals surface area (Å²) in [5.74, 6) is -0.816. The first kappa shape index (κ1) is 19.9. The lowest BCUT2D eigenvalue weighted by molar-refractivity contribution is 0.0926. The molecule has 0 bridgehead atoms. The van der Waals surface area contributed by atoms with Crippen LogP contribution in [0.15, 0.2) is 65.6 Å². The minimum absolute atomic E-state index is 0.124. The van der Waals surface area contributed by atoms with Crippen molar-refractivity contribution in [2.24, 2.45) is 0 Å². The number of nitrogens with zero attached hydrogens (tertiary/aromatic N) is 1. The lowest BCUT2D eigenvalue weighted by atomic mass is 10.1. The van der Waals surface area contributed by atoms with Gasteiger partial charge in [0, 0.05) is 16.8 Å². The van der Waals surface area contributed by atoms with E-state index in [9.17, 15) is 18.0 Å². The lowest BCUT2D eigenvalue weighted by Crippen LogP contribution is -2.42. The highest BCUT2D eigenvalue weighted by Crippen LogP contribution is 2.35. The highest BCUT2D eigenvalue weighted by Gasteiger charge is 2.37. The molecule has 2 N–H and O–H groups in total. The van der Waals surface area contributed by atoms with Gasteiger partial charge in [-0.05, 0) is 50.2 Å². The number of nitrogens with one attached hydrogen (secondary N) is 2. The maximum absolute atomic E-state index is 13.2. The van der Waals surface area contributed by atoms with Crippen LogP contribution in [-0.2, 0) is 10.0 Å². The van der Waals surface area contributed by atoms with Crippen molar-refractivity contribution < 1.29 is 18.0 Å². The molecule has 3 aromatic rings. The molecule has 2 amide bonds. The predicted octanol–water partition coefficient (Wildman–Crippen LogP) is 2.67. The highest BCUT2D eigenvalue weighted by molar-refractivity contribution is 7.89. The highest BCUT2D eigenvalue weighted by atomic mass is 32.2. The third-order valence-corrected chi connectivity index (χ3v) is 7.42. The summed E-state index contributed by atoms with van der Waals surface area (Å²) in [4.78, 5) is 27.2. The maximum atomic E-state index is 13.2. The molecule has 0 spiro atoms. The van der Waals surface area contributed by atoms with Crippen LogP contribution in [0.25, 0.3) is 10.8 Å². The van der Waals surface area contributed by atoms with E-state index in [0.29, 0.717) is 27.6 Å². The van der Waals surface area contributed by atoms with E-state index in [1.54, 1.807) is 60.7 Å². The van der Waals surface area contributed by atoms with Crippen molar-refractivity contribution >= 4 is 38.3 Å². The van der Waals surface area contributed by atoms with Crippen molar-refractivity contribution in [1.29, 1.82) is 0 Å². The summed E-state index contributed by atoms with van der Waals surface area (Å²) in [6.07, 6.45) is 1.45. The largest absolute Gasteiger partial charge is 0.317 e. The molecule has 3 aromatic carbocycles. The summed E-state index contributed by atoms with van der Waals surface area (Å²) in [6.45, 7) is 1.54. The molecule has 5 rings (SSSR count). The Morgan fingerprint density at radius 3 is 2.10 bits per heavy atom. The van der Waals surface area contributed by atoms with E-state index in [0.717, 1.165) is 30.8 Å². The number of rotatable bonds is 4. The lowest BCUT2D eigenvalue weighted by Gasteiger charge is -2.24. The third-order valence-electron chi connectivity index (χ3n) is 5.84. The monoisotopic (exact) mass is 435 g/mol. The van der Waals surface area contributed by atoms with Crippen molar-refractivity contribution in [2.75, 3.05) is 18.0 Å². The second-order valence-electron chi connectivity index (χ2n) is 7.77. The van der Waals surface area contributed by atoms with Gasteiger partial charge in [-0.2, -0.15) is 0 Å². The second kappa shape index (κ2) is 7.56. The number of benzene rings is 3. The van der Waals surface area contributed by atoms with Crippen molar-refractivity contribution in [2.45, 2.75) is 23.8 Å². The summed E-state index contributed by atoms with van der Waals surface area (Å²) in [5.41, 5.74) is 1.07. The molecule has 8 heteroatoms. The van der Waals surface area contributed by atoms with Gasteiger partial charge in [0.05, 0.1) is 21.7 Å². The van der Waals surface area contributed by atoms with Crippen molar-refractivity contribution in [3.8, 4) is 0 Å². The average Bonchev–Trinajstić information content (AvgIpc) is 3.03. The Labute approximate surface area is 180 Å². The van der Waals surface area contributed by atoms with Crippen LogP contribution in [0.4, 0.5) is 5.69 Å². The van der Waals surface area contributed by atoms with Crippen molar-refractivity contribution in [3.63, 3.8) is 0 Å². The molecule has 2 heterocycles. The Morgan fingerprint density at radius 1 is 0.806 bits per heavy atom. The molecule has 2 aliphatic rings. The first-order chi connectivity index (χ1) is 15.0. The summed E-state index contributed by atoms with van der Waals surface area (Å²) >= 11 is 0. The number of carbonyl (C=O) groups is 2. The summed E-state index contributed by atoms with van der Waals surface area (Å²) in [5, 5.41) is 4.22. The fourth-order valence-corrected chi connectivity index (χ4v) is 5.85. The van der Waals surface area contributed by atoms with E-state index in [1.807, 2.05) is 0 Å². The zero-order valence-electron chi connectivity index (χ0n) is 16.7. The van der Waals surface area contributed by atoms with Gasteiger partial charge in [0.15, 0.2) is 0 Å². The van der Waals surface area contributed by atoms with E-state index in [1.165, 1.54) is 0 Å². The number of piperidine rings is 1. The third kappa shape index (κ3) is 3.33. The minimum Gasteiger partial charge on any atom is -0.317 e. The Bertz CT molecular complexity index is 1280. The van der Waals surface area contributed by atoms with Crippen LogP contribution in [0, 0.1) is 0 Å². The SMILES string of the molecule is O=C1c2ccccc2C(=O)N1c1cccc2c(S(=O)(=O)NC3CCNCC3)cccc12. The van der Waals surface area contributed by atoms with E-state index < -0.39 is 21.8 Å². The zero-order valence-corrected chi connectivity index (χ0v) is 17.5. The van der Waals surface area contributed by atoms with Crippen LogP contribution in [0.5, 0.6) is 0 Å². The van der Waals surface area contributed by atoms with Gasteiger partial charge in [0.1, 0.15) is 0 Å². The molecule has 0 saturated carbocycles. The maximum Gasteiger partial charge on any atom is 0.266 e. The Kier molecular flexibility index (Phi) is 4.85. The van der Waals surface area contributed by atoms with Gasteiger partial charge < -0.3 is 5.32 Å². The molecule has 2 aliphatic heterocycles. The number of sulfonamides is 1. The fourth-order valence-electron chi connectivity index (χ4n) is 4.32. The molecule has 1 fully saturated rings. The number of carbonyl (C=O) groups excluding carboxylic acids is 2. The molecule has 0 aromatic heterocycles. The van der Waals surface area contributed by atoms with E-state index in [2.05, 4.69) is 10.0 Å². The fraction of sp³-hybridized carbons (Fsp3) is 0.217. The van der Waals surface area contributed by atoms with Crippen molar-refractivity contribution in [3.05, 3.63) is 71.8 Å². The topological polar surface area (TPSA) is 95.6 Å². The number of amides is 2. The van der Waals surface area contributed by atoms with Gasteiger partial charge in [-0.3, -0.25) is 9.59 Å². The predicted molar refractivity (Wildman–Crippen MR) is 118 cm³/mol. The van der Waals surface area contributed by atoms with E-state index in [-0.39, 0.29) is 10.9 Å². The Hall–Kier alpha value is -3.07. The molecule has 0 unspecified atom stereocenters. The molecule has 31 heavy (non-hydrogen) atoms. The van der Waals surface area contributed by atoms with Gasteiger partial charge in [-0.15, -0.1) is 0 Å². The Balaban J connectivity index is 1.59. The molecular formula is C23H21N3O4S. The van der Waals surface area contributed by atoms with E-state index in [4.69, 9.17) is 0 Å². The van der Waals surface area contributed by atoms with Crippen LogP contribution >= 0.6 is 0 Å². The first-order valence-corrected chi connectivity index (χ1v) is 11.7. The van der Waals surface area contributed by atoms with Gasteiger partial charge in [0.2, 0.25) is 10.0 Å². The van der Waals surface area contributed by atoms with Gasteiger partial charge in [0.25, 0.3) is 11.8 Å². The van der Waals surface area contributed by atoms with Gasteiger partial charge in [-0.1, -0.05) is 36.4 Å². The molecule has 0 radical (unpaired) electrons. The number of anilines is 1. The standard InChI is InChI=1S/C23H21N3O4S/c27-22-18-5-1-2-6-19(18)23(28)26(22)20-9-3-8-17-16(20)7-4-10-21(17)31(29,30)25-15-11-13-24-14-12-15/h1-10,15,24-25H,11-14H2. The van der Waals surface area contributed by atoms with Crippen LogP contribution in [-0.4, -0.2) is 39.4 Å². The van der Waals surface area contributed by atoms with Crippen molar-refractivity contribution in [1.82, 2.24) is 10.0 Å². The van der Waals surface area contributed by atoms with Gasteiger partial charge in [-0.25, -0.2) is 18.0 Å². The second-order valence-corrected chi connectivity index (χ2v) is 9.45. The number of imide groups is 1. The summed E-state index contributed by atoms with van der Waals surface area (Å²) in [7, 11) is -3.77. The van der Waals surface area contributed by atoms with E-state index >= 15 is 0 Å². The quantitative estimate of drug-likeness (QED) is 0.615. The smallest absolute Gasteiger partial charge is 0.266 e. The summed E-state index contributed by atoms with van der Waals surface area (Å²) in [6, 6.07) is 16.5. The first-order valence-electron chi connectivity index (χ1n) is 10.2. The zero-order chi connectivity index (χ0) is 21.6. The normalized spacial score (nSPS) is 17.4. The molecule has 0 atom stereocenters. The number of hydrogen-bond acceptors (Lipinski definition) is 5. The van der Waals surface area contributed by atoms with Crippen LogP contribution in [0.2, 0.25) is 0 Å². The number of hydrogen-bond donors (Lipinski definition) is 2. The molecular weight excluding hydrogens is 414 g/mol. The minimum atomic E-state index is -3.77. The summed E-state index contributed by atoms with van der Waals surface area (Å²) < 4.78 is 29.2. The van der Waals surface area contributed by atoms with Gasteiger partial charge >= 0.3 is 0 Å². The van der Waals surface area contributed by atoms with Crippen LogP contribution in [0.3, 0.4) is 0 Å². The molecule has 158 valence electrons. The van der Waals surface area contributed by atoms with Crippen LogP contribution in [0.1, 0.15) is 33.6 Å². The average molecular weight is 436 g/mol.